The Kier molecular flexibility index (Phi) is 11.8. The Balaban J connectivity index is 1.30. The lowest BCUT2D eigenvalue weighted by Gasteiger charge is -2.39. The van der Waals surface area contributed by atoms with Crippen LogP contribution in [0.15, 0.2) is 54.6 Å². The van der Waals surface area contributed by atoms with E-state index in [1.165, 1.54) is 118 Å². The molecule has 3 heterocycles. The minimum atomic E-state index is -1.15. The van der Waals surface area contributed by atoms with Gasteiger partial charge in [-0.05, 0) is 95.3 Å². The van der Waals surface area contributed by atoms with Crippen LogP contribution in [0.25, 0.3) is 0 Å². The zero-order valence-electron chi connectivity index (χ0n) is 33.0. The van der Waals surface area contributed by atoms with Gasteiger partial charge in [-0.3, -0.25) is 0 Å². The van der Waals surface area contributed by atoms with Crippen LogP contribution in [0.3, 0.4) is 0 Å². The third-order valence-electron chi connectivity index (χ3n) is 11.5. The molecule has 1 spiro atoms. The van der Waals surface area contributed by atoms with Crippen molar-refractivity contribution in [3.8, 4) is 11.5 Å². The molecule has 0 amide bonds. The van der Waals surface area contributed by atoms with Gasteiger partial charge >= 0.3 is 6.03 Å². The number of benzene rings is 3. The predicted molar refractivity (Wildman–Crippen MR) is 213 cm³/mol. The van der Waals surface area contributed by atoms with Gasteiger partial charge in [-0.1, -0.05) is 105 Å². The van der Waals surface area contributed by atoms with E-state index in [4.69, 9.17) is 9.47 Å². The molecule has 5 nitrogen and oxygen atoms in total. The van der Waals surface area contributed by atoms with Crippen LogP contribution in [0.1, 0.15) is 147 Å². The summed E-state index contributed by atoms with van der Waals surface area (Å²) in [5.74, 6) is 1.79. The van der Waals surface area contributed by atoms with Crippen LogP contribution in [-0.2, 0) is 18.3 Å². The van der Waals surface area contributed by atoms with Gasteiger partial charge in [0, 0.05) is 17.7 Å². The van der Waals surface area contributed by atoms with Crippen LogP contribution < -0.4 is 9.47 Å². The molecule has 51 heavy (non-hydrogen) atoms. The van der Waals surface area contributed by atoms with E-state index in [2.05, 4.69) is 125 Å². The van der Waals surface area contributed by atoms with Crippen molar-refractivity contribution in [2.75, 3.05) is 26.2 Å². The maximum Gasteiger partial charge on any atom is 0.715 e. The molecule has 3 aliphatic rings. The van der Waals surface area contributed by atoms with Gasteiger partial charge in [-0.25, -0.2) is 0 Å². The number of hydrogen-bond acceptors (Lipinski definition) is 2. The number of hydrogen-bond donors (Lipinski definition) is 0. The number of rotatable bonds is 18. The van der Waals surface area contributed by atoms with Crippen molar-refractivity contribution < 1.29 is 23.1 Å². The Morgan fingerprint density at radius 1 is 0.588 bits per heavy atom. The lowest BCUT2D eigenvalue weighted by atomic mass is 9.83. The van der Waals surface area contributed by atoms with Gasteiger partial charge in [-0.2, -0.15) is 0 Å². The van der Waals surface area contributed by atoms with Crippen molar-refractivity contribution in [2.45, 2.75) is 143 Å². The van der Waals surface area contributed by atoms with Gasteiger partial charge in [0.25, 0.3) is 11.4 Å². The van der Waals surface area contributed by atoms with Gasteiger partial charge in [0.15, 0.2) is 23.9 Å². The van der Waals surface area contributed by atoms with Crippen molar-refractivity contribution in [3.63, 3.8) is 0 Å². The summed E-state index contributed by atoms with van der Waals surface area (Å²) in [7, 11) is 0. The maximum absolute atomic E-state index is 7.26. The van der Waals surface area contributed by atoms with Crippen LogP contribution in [-0.4, -0.2) is 58.3 Å². The smallest absolute Gasteiger partial charge is 0.340 e. The molecular formula is C46H66N3O2+3. The van der Waals surface area contributed by atoms with Crippen LogP contribution >= 0.6 is 0 Å². The van der Waals surface area contributed by atoms with E-state index in [-0.39, 0.29) is 5.41 Å². The summed E-state index contributed by atoms with van der Waals surface area (Å²) in [6.07, 6.45) is 20.8. The molecule has 0 N–H and O–H groups in total. The van der Waals surface area contributed by atoms with Crippen molar-refractivity contribution >= 4 is 23.8 Å². The summed E-state index contributed by atoms with van der Waals surface area (Å²) in [6, 6.07) is 19.0. The summed E-state index contributed by atoms with van der Waals surface area (Å²) in [4.78, 5) is 0. The van der Waals surface area contributed by atoms with Crippen LogP contribution in [0.5, 0.6) is 11.5 Å². The fourth-order valence-electron chi connectivity index (χ4n) is 8.44. The highest BCUT2D eigenvalue weighted by atomic mass is 16.7. The summed E-state index contributed by atoms with van der Waals surface area (Å²) in [5, 5.41) is 0. The zero-order valence-corrected chi connectivity index (χ0v) is 33.0. The molecule has 0 fully saturated rings. The molecule has 3 aromatic carbocycles. The minimum Gasteiger partial charge on any atom is -0.340 e. The van der Waals surface area contributed by atoms with Crippen molar-refractivity contribution in [1.82, 2.24) is 0 Å². The molecule has 1 unspecified atom stereocenters. The Morgan fingerprint density at radius 2 is 1.14 bits per heavy atom. The topological polar surface area (TPSA) is 24.5 Å². The number of nitrogens with zero attached hydrogens (tertiary/aromatic N) is 3. The molecule has 0 aliphatic carbocycles. The zero-order chi connectivity index (χ0) is 36.1. The Morgan fingerprint density at radius 3 is 1.75 bits per heavy atom. The number of fused-ring (bicyclic) bond motifs is 5. The van der Waals surface area contributed by atoms with Crippen molar-refractivity contribution in [3.05, 3.63) is 82.4 Å². The number of unbranched alkanes of at least 4 members (excludes halogenated alkanes) is 6. The van der Waals surface area contributed by atoms with Gasteiger partial charge in [0.2, 0.25) is 0 Å². The number of para-hydroxylation sites is 2. The molecule has 0 bridgehead atoms. The molecule has 0 aromatic heterocycles. The van der Waals surface area contributed by atoms with E-state index < -0.39 is 6.03 Å². The highest BCUT2D eigenvalue weighted by molar-refractivity contribution is 5.86. The number of quaternary nitrogens is 1. The third-order valence-corrected chi connectivity index (χ3v) is 11.5. The van der Waals surface area contributed by atoms with Gasteiger partial charge in [0.05, 0.1) is 37.3 Å². The van der Waals surface area contributed by atoms with Gasteiger partial charge < -0.3 is 14.0 Å². The number of aryl methyl sites for hydroxylation is 2. The molecular weight excluding hydrogens is 627 g/mol. The van der Waals surface area contributed by atoms with Crippen molar-refractivity contribution in [1.29, 1.82) is 0 Å². The highest BCUT2D eigenvalue weighted by Crippen LogP contribution is 2.50. The first-order chi connectivity index (χ1) is 24.7. The van der Waals surface area contributed by atoms with E-state index in [1.807, 2.05) is 0 Å². The molecule has 0 radical (unpaired) electrons. The van der Waals surface area contributed by atoms with Crippen LogP contribution in [0, 0.1) is 0 Å². The van der Waals surface area contributed by atoms with Crippen LogP contribution in [0.4, 0.5) is 11.4 Å². The molecule has 274 valence electrons. The largest absolute Gasteiger partial charge is 0.715 e. The van der Waals surface area contributed by atoms with Gasteiger partial charge in [-0.15, -0.1) is 0 Å². The Labute approximate surface area is 309 Å². The Bertz CT molecular complexity index is 1710. The van der Waals surface area contributed by atoms with E-state index in [9.17, 15) is 0 Å². The SMILES string of the molecule is CCCCCc1ccc2c(c1)C=[N+]1c3ccccc3[N+]3=Cc4cc(CCCC[N+](CCCC)(CCCC)CCCC)cc(C(C)(C)C)c4OC13O2. The second-order valence-corrected chi connectivity index (χ2v) is 16.6. The maximum atomic E-state index is 7.26. The molecule has 0 saturated heterocycles. The summed E-state index contributed by atoms with van der Waals surface area (Å²) >= 11 is 0. The lowest BCUT2D eigenvalue weighted by molar-refractivity contribution is -0.929. The molecule has 1 atom stereocenters. The quantitative estimate of drug-likeness (QED) is 0.0753. The minimum absolute atomic E-state index is 0.0980. The molecule has 6 rings (SSSR count). The average molecular weight is 693 g/mol. The fraction of sp³-hybridized carbons (Fsp3) is 0.565. The van der Waals surface area contributed by atoms with E-state index in [1.54, 1.807) is 0 Å². The molecule has 5 heteroatoms. The third kappa shape index (κ3) is 7.84. The normalized spacial score (nSPS) is 17.3. The van der Waals surface area contributed by atoms with E-state index in [0.717, 1.165) is 46.8 Å². The fourth-order valence-corrected chi connectivity index (χ4v) is 8.44. The first-order valence-electron chi connectivity index (χ1n) is 20.6. The van der Waals surface area contributed by atoms with E-state index in [0.29, 0.717) is 0 Å². The summed E-state index contributed by atoms with van der Waals surface area (Å²) in [5.41, 5.74) is 8.35. The second kappa shape index (κ2) is 16.1. The standard InChI is InChI=1S/C46H66N3O2/c1-8-12-16-21-36-25-26-43-38(31-36)34-47-41-23-17-18-24-42(41)48-35-39-32-37(33-40(45(5,6)7)44(39)51-46(47,48)50-43)22-19-20-30-49(27-13-9-2,28-14-10-3)29-15-11-4/h17-18,23-26,31-35H,8-16,19-22,27-30H2,1-7H3/q+3. The Hall–Kier alpha value is -3.44. The predicted octanol–water partition coefficient (Wildman–Crippen LogP) is 11.2. The second-order valence-electron chi connectivity index (χ2n) is 16.6. The van der Waals surface area contributed by atoms with Crippen molar-refractivity contribution in [2.24, 2.45) is 0 Å². The molecule has 3 aliphatic heterocycles. The average Bonchev–Trinajstić information content (AvgIpc) is 3.39. The van der Waals surface area contributed by atoms with Crippen LogP contribution in [0.2, 0.25) is 0 Å². The van der Waals surface area contributed by atoms with E-state index >= 15 is 0 Å². The molecule has 3 aromatic rings. The van der Waals surface area contributed by atoms with Gasteiger partial charge in [0.1, 0.15) is 0 Å². The summed E-state index contributed by atoms with van der Waals surface area (Å²) < 4.78 is 20.0. The lowest BCUT2D eigenvalue weighted by Crippen LogP contribution is -2.59. The number of ether oxygens (including phenoxy) is 2. The molecule has 0 saturated carbocycles. The monoisotopic (exact) mass is 693 g/mol. The first kappa shape index (κ1) is 37.3. The first-order valence-corrected chi connectivity index (χ1v) is 20.6. The summed E-state index contributed by atoms with van der Waals surface area (Å²) in [6.45, 7) is 21.6. The highest BCUT2D eigenvalue weighted by Gasteiger charge is 2.72.